The fourth-order valence-electron chi connectivity index (χ4n) is 1.28. The minimum Gasteiger partial charge on any atom is -0.468 e. The summed E-state index contributed by atoms with van der Waals surface area (Å²) in [6, 6.07) is -0.481. The van der Waals surface area contributed by atoms with E-state index < -0.39 is 12.0 Å². The number of hydrogen-bond donors (Lipinski definition) is 1. The number of aromatic nitrogens is 2. The van der Waals surface area contributed by atoms with Crippen LogP contribution in [-0.4, -0.2) is 35.3 Å². The van der Waals surface area contributed by atoms with Crippen LogP contribution in [0.4, 0.5) is 0 Å². The van der Waals surface area contributed by atoms with Crippen LogP contribution in [0.5, 0.6) is 0 Å². The van der Waals surface area contributed by atoms with Crippen LogP contribution < -0.4 is 5.32 Å². The van der Waals surface area contributed by atoms with Crippen molar-refractivity contribution in [2.45, 2.75) is 19.9 Å². The predicted molar refractivity (Wildman–Crippen MR) is 64.4 cm³/mol. The number of nitrogens with zero attached hydrogens (tertiary/aromatic N) is 2. The highest BCUT2D eigenvalue weighted by Gasteiger charge is 2.18. The van der Waals surface area contributed by atoms with Crippen molar-refractivity contribution in [3.8, 4) is 0 Å². The zero-order valence-electron chi connectivity index (χ0n) is 9.86. The lowest BCUT2D eigenvalue weighted by Crippen LogP contribution is -2.35. The Morgan fingerprint density at radius 3 is 2.76 bits per heavy atom. The summed E-state index contributed by atoms with van der Waals surface area (Å²) in [6.45, 7) is 3.42. The van der Waals surface area contributed by atoms with Gasteiger partial charge in [-0.1, -0.05) is 0 Å². The quantitative estimate of drug-likeness (QED) is 0.835. The van der Waals surface area contributed by atoms with Crippen molar-refractivity contribution in [2.75, 3.05) is 13.7 Å². The van der Waals surface area contributed by atoms with E-state index in [1.54, 1.807) is 17.8 Å². The van der Waals surface area contributed by atoms with Crippen molar-refractivity contribution in [2.24, 2.45) is 0 Å². The highest BCUT2D eigenvalue weighted by Crippen LogP contribution is 2.18. The molecule has 0 saturated heterocycles. The van der Waals surface area contributed by atoms with Gasteiger partial charge in [0.1, 0.15) is 12.6 Å². The van der Waals surface area contributed by atoms with Gasteiger partial charge in [-0.15, -0.1) is 0 Å². The Morgan fingerprint density at radius 1 is 1.65 bits per heavy atom. The van der Waals surface area contributed by atoms with Crippen LogP contribution in [0, 0.1) is 6.92 Å². The first-order valence-electron chi connectivity index (χ1n) is 5.01. The molecule has 0 fully saturated rings. The Labute approximate surface area is 107 Å². The van der Waals surface area contributed by atoms with E-state index >= 15 is 0 Å². The summed E-state index contributed by atoms with van der Waals surface area (Å²) in [4.78, 5) is 22.6. The van der Waals surface area contributed by atoms with Crippen molar-refractivity contribution in [3.63, 3.8) is 0 Å². The first-order valence-corrected chi connectivity index (χ1v) is 5.80. The lowest BCUT2D eigenvalue weighted by Gasteiger charge is -2.13. The number of methoxy groups -OCH3 is 1. The molecule has 0 aliphatic carbocycles. The molecule has 1 unspecified atom stereocenters. The molecule has 0 aliphatic heterocycles. The third-order valence-electron chi connectivity index (χ3n) is 2.37. The van der Waals surface area contributed by atoms with Gasteiger partial charge in [-0.05, 0) is 29.8 Å². The molecule has 0 aliphatic rings. The molecule has 0 saturated carbocycles. The van der Waals surface area contributed by atoms with Gasteiger partial charge in [-0.25, -0.2) is 0 Å². The molecule has 6 nitrogen and oxygen atoms in total. The monoisotopic (exact) mass is 303 g/mol. The molecule has 1 atom stereocenters. The molecule has 1 aromatic rings. The first-order chi connectivity index (χ1) is 7.97. The van der Waals surface area contributed by atoms with E-state index in [9.17, 15) is 9.59 Å². The average molecular weight is 304 g/mol. The van der Waals surface area contributed by atoms with Gasteiger partial charge >= 0.3 is 5.97 Å². The van der Waals surface area contributed by atoms with Gasteiger partial charge in [0.05, 0.1) is 23.5 Å². The second-order valence-electron chi connectivity index (χ2n) is 3.49. The van der Waals surface area contributed by atoms with Crippen LogP contribution in [0.15, 0.2) is 10.7 Å². The number of nitrogens with one attached hydrogen (secondary N) is 1. The fourth-order valence-corrected chi connectivity index (χ4v) is 1.56. The maximum atomic E-state index is 11.7. The Hall–Kier alpha value is -1.37. The van der Waals surface area contributed by atoms with Crippen LogP contribution >= 0.6 is 15.9 Å². The summed E-state index contributed by atoms with van der Waals surface area (Å²) in [7, 11) is 1.27. The molecule has 0 aromatic carbocycles. The van der Waals surface area contributed by atoms with Crippen LogP contribution in [0.3, 0.4) is 0 Å². The number of carbonyl (C=O) groups excluding carboxylic acids is 2. The third-order valence-corrected chi connectivity index (χ3v) is 3.14. The van der Waals surface area contributed by atoms with Crippen molar-refractivity contribution in [1.29, 1.82) is 0 Å². The molecule has 1 amide bonds. The zero-order chi connectivity index (χ0) is 13.0. The standard InChI is InChI=1S/C10H14BrN3O3/c1-6-8(11)4-13-14(6)7(2)10(16)12-5-9(15)17-3/h4,7H,5H2,1-3H3,(H,12,16). The van der Waals surface area contributed by atoms with Crippen molar-refractivity contribution < 1.29 is 14.3 Å². The highest BCUT2D eigenvalue weighted by molar-refractivity contribution is 9.10. The lowest BCUT2D eigenvalue weighted by atomic mass is 10.3. The molecular weight excluding hydrogens is 290 g/mol. The molecule has 0 bridgehead atoms. The zero-order valence-corrected chi connectivity index (χ0v) is 11.4. The number of amides is 1. The van der Waals surface area contributed by atoms with Crippen LogP contribution in [0.1, 0.15) is 18.7 Å². The van der Waals surface area contributed by atoms with Gasteiger partial charge in [0, 0.05) is 0 Å². The highest BCUT2D eigenvalue weighted by atomic mass is 79.9. The maximum Gasteiger partial charge on any atom is 0.325 e. The first kappa shape index (κ1) is 13.7. The molecule has 0 radical (unpaired) electrons. The number of halogens is 1. The molecule has 1 aromatic heterocycles. The number of hydrogen-bond acceptors (Lipinski definition) is 4. The van der Waals surface area contributed by atoms with E-state index in [-0.39, 0.29) is 12.5 Å². The fraction of sp³-hybridized carbons (Fsp3) is 0.500. The summed E-state index contributed by atoms with van der Waals surface area (Å²) < 4.78 is 6.85. The smallest absolute Gasteiger partial charge is 0.325 e. The molecule has 94 valence electrons. The summed E-state index contributed by atoms with van der Waals surface area (Å²) in [5.74, 6) is -0.766. The number of rotatable bonds is 4. The molecule has 1 heterocycles. The van der Waals surface area contributed by atoms with E-state index in [0.29, 0.717) is 0 Å². The molecule has 0 spiro atoms. The van der Waals surface area contributed by atoms with Crippen molar-refractivity contribution >= 4 is 27.8 Å². The van der Waals surface area contributed by atoms with E-state index in [0.717, 1.165) is 10.2 Å². The van der Waals surface area contributed by atoms with Gasteiger partial charge in [0.2, 0.25) is 5.91 Å². The van der Waals surface area contributed by atoms with Gasteiger partial charge in [0.15, 0.2) is 0 Å². The van der Waals surface area contributed by atoms with E-state index in [4.69, 9.17) is 0 Å². The van der Waals surface area contributed by atoms with E-state index in [1.165, 1.54) is 7.11 Å². The SMILES string of the molecule is COC(=O)CNC(=O)C(C)n1ncc(Br)c1C. The molecule has 1 rings (SSSR count). The average Bonchev–Trinajstić information content (AvgIpc) is 2.65. The second-order valence-corrected chi connectivity index (χ2v) is 4.35. The Bertz CT molecular complexity index is 430. The number of carbonyl (C=O) groups is 2. The molecule has 7 heteroatoms. The summed E-state index contributed by atoms with van der Waals surface area (Å²) >= 11 is 3.32. The van der Waals surface area contributed by atoms with Crippen LogP contribution in [-0.2, 0) is 14.3 Å². The Kier molecular flexibility index (Phi) is 4.68. The van der Waals surface area contributed by atoms with Crippen molar-refractivity contribution in [3.05, 3.63) is 16.4 Å². The van der Waals surface area contributed by atoms with Gasteiger partial charge in [-0.2, -0.15) is 5.10 Å². The van der Waals surface area contributed by atoms with Crippen molar-refractivity contribution in [1.82, 2.24) is 15.1 Å². The normalized spacial score (nSPS) is 12.0. The van der Waals surface area contributed by atoms with Gasteiger partial charge in [-0.3, -0.25) is 14.3 Å². The maximum absolute atomic E-state index is 11.7. The summed E-state index contributed by atoms with van der Waals surface area (Å²) in [5, 5.41) is 6.55. The molecular formula is C10H14BrN3O3. The molecule has 1 N–H and O–H groups in total. The van der Waals surface area contributed by atoms with Gasteiger partial charge < -0.3 is 10.1 Å². The summed E-state index contributed by atoms with van der Waals surface area (Å²) in [6.07, 6.45) is 1.62. The number of ether oxygens (including phenoxy) is 1. The largest absolute Gasteiger partial charge is 0.468 e. The predicted octanol–water partition coefficient (Wildman–Crippen LogP) is 0.804. The second kappa shape index (κ2) is 5.81. The van der Waals surface area contributed by atoms with Crippen LogP contribution in [0.2, 0.25) is 0 Å². The summed E-state index contributed by atoms with van der Waals surface area (Å²) in [5.41, 5.74) is 0.853. The topological polar surface area (TPSA) is 73.2 Å². The third kappa shape index (κ3) is 3.29. The van der Waals surface area contributed by atoms with E-state index in [2.05, 4.69) is 31.1 Å². The lowest BCUT2D eigenvalue weighted by molar-refractivity contribution is -0.141. The Morgan fingerprint density at radius 2 is 2.29 bits per heavy atom. The Balaban J connectivity index is 2.64. The minimum atomic E-state index is -0.482. The van der Waals surface area contributed by atoms with Gasteiger partial charge in [0.25, 0.3) is 0 Å². The van der Waals surface area contributed by atoms with E-state index in [1.807, 2.05) is 6.92 Å². The molecule has 17 heavy (non-hydrogen) atoms. The van der Waals surface area contributed by atoms with Crippen LogP contribution in [0.25, 0.3) is 0 Å². The number of esters is 1. The minimum absolute atomic E-state index is 0.138.